The number of rotatable bonds is 4. The third kappa shape index (κ3) is 3.14. The predicted octanol–water partition coefficient (Wildman–Crippen LogP) is 4.05. The van der Waals surface area contributed by atoms with E-state index >= 15 is 0 Å². The summed E-state index contributed by atoms with van der Waals surface area (Å²) in [6, 6.07) is 11.0. The second kappa shape index (κ2) is 5.58. The van der Waals surface area contributed by atoms with Gasteiger partial charge in [-0.25, -0.2) is 0 Å². The molecule has 0 aliphatic heterocycles. The lowest BCUT2D eigenvalue weighted by Crippen LogP contribution is -1.94. The second-order valence-corrected chi connectivity index (χ2v) is 4.08. The molecule has 0 saturated carbocycles. The average molecular weight is 280 g/mol. The zero-order chi connectivity index (χ0) is 13.8. The third-order valence-corrected chi connectivity index (χ3v) is 2.66. The van der Waals surface area contributed by atoms with E-state index < -0.39 is 4.92 Å². The molecule has 2 rings (SSSR count). The van der Waals surface area contributed by atoms with Gasteiger partial charge in [0, 0.05) is 5.02 Å². The number of halogens is 1. The maximum atomic E-state index is 11.0. The Morgan fingerprint density at radius 1 is 1.11 bits per heavy atom. The maximum Gasteiger partial charge on any atom is 0.315 e. The molecule has 5 nitrogen and oxygen atoms in total. The van der Waals surface area contributed by atoms with Crippen LogP contribution in [0, 0.1) is 10.1 Å². The summed E-state index contributed by atoms with van der Waals surface area (Å²) in [5.74, 6) is 1.01. The van der Waals surface area contributed by atoms with Crippen LogP contribution < -0.4 is 9.47 Å². The highest BCUT2D eigenvalue weighted by molar-refractivity contribution is 6.30. The molecule has 98 valence electrons. The Hall–Kier alpha value is -2.27. The number of benzene rings is 2. The molecular formula is C13H10ClNO4. The van der Waals surface area contributed by atoms with Crippen LogP contribution in [0.3, 0.4) is 0 Å². The number of hydrogen-bond acceptors (Lipinski definition) is 4. The molecule has 0 fully saturated rings. The van der Waals surface area contributed by atoms with Crippen LogP contribution >= 0.6 is 11.6 Å². The fourth-order valence-electron chi connectivity index (χ4n) is 1.48. The van der Waals surface area contributed by atoms with Crippen molar-refractivity contribution in [3.8, 4) is 17.2 Å². The highest BCUT2D eigenvalue weighted by Crippen LogP contribution is 2.34. The normalized spacial score (nSPS) is 10.0. The molecule has 0 unspecified atom stereocenters. The van der Waals surface area contributed by atoms with Crippen molar-refractivity contribution < 1.29 is 14.4 Å². The summed E-state index contributed by atoms with van der Waals surface area (Å²) in [6.07, 6.45) is 0. The first-order valence-corrected chi connectivity index (χ1v) is 5.74. The summed E-state index contributed by atoms with van der Waals surface area (Å²) >= 11 is 5.76. The molecule has 0 amide bonds. The van der Waals surface area contributed by atoms with Crippen molar-refractivity contribution in [1.82, 2.24) is 0 Å². The summed E-state index contributed by atoms with van der Waals surface area (Å²) < 4.78 is 10.4. The number of nitrogens with zero attached hydrogens (tertiary/aromatic N) is 1. The molecule has 0 bridgehead atoms. The highest BCUT2D eigenvalue weighted by atomic mass is 35.5. The number of nitro groups is 1. The van der Waals surface area contributed by atoms with Gasteiger partial charge in [-0.05, 0) is 36.4 Å². The molecule has 0 radical (unpaired) electrons. The molecule has 2 aromatic carbocycles. The highest BCUT2D eigenvalue weighted by Gasteiger charge is 2.17. The lowest BCUT2D eigenvalue weighted by molar-refractivity contribution is -0.385. The standard InChI is InChI=1S/C13H10ClNO4/c1-18-11-6-7-13(12(8-11)15(16)17)19-10-4-2-9(14)3-5-10/h2-8H,1H3. The van der Waals surface area contributed by atoms with Gasteiger partial charge in [-0.15, -0.1) is 0 Å². The molecule has 0 saturated heterocycles. The number of methoxy groups -OCH3 is 1. The Bertz CT molecular complexity index is 598. The molecule has 0 heterocycles. The molecule has 0 N–H and O–H groups in total. The van der Waals surface area contributed by atoms with Crippen molar-refractivity contribution in [3.05, 3.63) is 57.6 Å². The van der Waals surface area contributed by atoms with E-state index in [-0.39, 0.29) is 11.4 Å². The van der Waals surface area contributed by atoms with Gasteiger partial charge in [-0.1, -0.05) is 11.6 Å². The van der Waals surface area contributed by atoms with Gasteiger partial charge in [0.25, 0.3) is 0 Å². The van der Waals surface area contributed by atoms with Crippen molar-refractivity contribution in [1.29, 1.82) is 0 Å². The van der Waals surface area contributed by atoms with E-state index in [0.717, 1.165) is 0 Å². The molecule has 0 aliphatic carbocycles. The lowest BCUT2D eigenvalue weighted by Gasteiger charge is -2.07. The van der Waals surface area contributed by atoms with Crippen LogP contribution in [0.2, 0.25) is 5.02 Å². The van der Waals surface area contributed by atoms with Gasteiger partial charge in [-0.3, -0.25) is 10.1 Å². The van der Waals surface area contributed by atoms with Gasteiger partial charge in [0.15, 0.2) is 0 Å². The van der Waals surface area contributed by atoms with E-state index in [0.29, 0.717) is 16.5 Å². The molecule has 0 aromatic heterocycles. The first kappa shape index (κ1) is 13.2. The van der Waals surface area contributed by atoms with Gasteiger partial charge < -0.3 is 9.47 Å². The molecule has 0 atom stereocenters. The molecule has 0 spiro atoms. The van der Waals surface area contributed by atoms with Crippen LogP contribution in [0.5, 0.6) is 17.2 Å². The van der Waals surface area contributed by atoms with E-state index in [4.69, 9.17) is 21.1 Å². The topological polar surface area (TPSA) is 61.6 Å². The Morgan fingerprint density at radius 2 is 1.74 bits per heavy atom. The summed E-state index contributed by atoms with van der Waals surface area (Å²) in [6.45, 7) is 0. The summed E-state index contributed by atoms with van der Waals surface area (Å²) in [5.41, 5.74) is -0.158. The average Bonchev–Trinajstić information content (AvgIpc) is 2.41. The van der Waals surface area contributed by atoms with Gasteiger partial charge >= 0.3 is 5.69 Å². The van der Waals surface area contributed by atoms with Crippen LogP contribution in [0.25, 0.3) is 0 Å². The number of ether oxygens (including phenoxy) is 2. The fraction of sp³-hybridized carbons (Fsp3) is 0.0769. The molecule has 19 heavy (non-hydrogen) atoms. The quantitative estimate of drug-likeness (QED) is 0.626. The minimum atomic E-state index is -0.520. The summed E-state index contributed by atoms with van der Waals surface area (Å²) in [5, 5.41) is 11.5. The van der Waals surface area contributed by atoms with Crippen molar-refractivity contribution >= 4 is 17.3 Å². The van der Waals surface area contributed by atoms with E-state index in [1.165, 1.54) is 19.2 Å². The zero-order valence-corrected chi connectivity index (χ0v) is 10.8. The Balaban J connectivity index is 2.33. The van der Waals surface area contributed by atoms with E-state index in [1.807, 2.05) is 0 Å². The monoisotopic (exact) mass is 279 g/mol. The van der Waals surface area contributed by atoms with Gasteiger partial charge in [0.1, 0.15) is 11.5 Å². The lowest BCUT2D eigenvalue weighted by atomic mass is 10.2. The molecule has 2 aromatic rings. The first-order chi connectivity index (χ1) is 9.10. The van der Waals surface area contributed by atoms with Crippen molar-refractivity contribution in [2.75, 3.05) is 7.11 Å². The van der Waals surface area contributed by atoms with Crippen LogP contribution in [-0.4, -0.2) is 12.0 Å². The zero-order valence-electron chi connectivity index (χ0n) is 10.00. The Kier molecular flexibility index (Phi) is 3.87. The van der Waals surface area contributed by atoms with Crippen LogP contribution in [0.1, 0.15) is 0 Å². The fourth-order valence-corrected chi connectivity index (χ4v) is 1.61. The molecular weight excluding hydrogens is 270 g/mol. The van der Waals surface area contributed by atoms with Crippen LogP contribution in [-0.2, 0) is 0 Å². The molecule has 6 heteroatoms. The smallest absolute Gasteiger partial charge is 0.315 e. The number of nitro benzene ring substituents is 1. The van der Waals surface area contributed by atoms with Crippen LogP contribution in [0.15, 0.2) is 42.5 Å². The summed E-state index contributed by atoms with van der Waals surface area (Å²) in [4.78, 5) is 10.5. The summed E-state index contributed by atoms with van der Waals surface area (Å²) in [7, 11) is 1.44. The minimum absolute atomic E-state index is 0.146. The Morgan fingerprint density at radius 3 is 2.32 bits per heavy atom. The maximum absolute atomic E-state index is 11.0. The van der Waals surface area contributed by atoms with E-state index in [1.54, 1.807) is 30.3 Å². The van der Waals surface area contributed by atoms with E-state index in [2.05, 4.69) is 0 Å². The van der Waals surface area contributed by atoms with Gasteiger partial charge in [-0.2, -0.15) is 0 Å². The van der Waals surface area contributed by atoms with Gasteiger partial charge in [0.2, 0.25) is 5.75 Å². The van der Waals surface area contributed by atoms with Crippen molar-refractivity contribution in [2.24, 2.45) is 0 Å². The van der Waals surface area contributed by atoms with Crippen molar-refractivity contribution in [2.45, 2.75) is 0 Å². The molecule has 0 aliphatic rings. The first-order valence-electron chi connectivity index (χ1n) is 5.36. The SMILES string of the molecule is COc1ccc(Oc2ccc(Cl)cc2)c([N+](=O)[O-])c1. The third-order valence-electron chi connectivity index (χ3n) is 2.40. The largest absolute Gasteiger partial charge is 0.496 e. The Labute approximate surface area is 114 Å². The number of hydrogen-bond donors (Lipinski definition) is 0. The predicted molar refractivity (Wildman–Crippen MR) is 71.2 cm³/mol. The second-order valence-electron chi connectivity index (χ2n) is 3.65. The van der Waals surface area contributed by atoms with Gasteiger partial charge in [0.05, 0.1) is 18.1 Å². The minimum Gasteiger partial charge on any atom is -0.496 e. The van der Waals surface area contributed by atoms with Crippen molar-refractivity contribution in [3.63, 3.8) is 0 Å². The van der Waals surface area contributed by atoms with Crippen LogP contribution in [0.4, 0.5) is 5.69 Å². The van der Waals surface area contributed by atoms with E-state index in [9.17, 15) is 10.1 Å².